The van der Waals surface area contributed by atoms with Crippen molar-refractivity contribution in [3.8, 4) is 11.3 Å². The SMILES string of the molecule is S=C(Nc1ccccc1)Nc1nc2scc(-c3ccccc3)n2n1. The number of benzene rings is 2. The maximum absolute atomic E-state index is 5.31. The maximum atomic E-state index is 5.31. The van der Waals surface area contributed by atoms with Gasteiger partial charge < -0.3 is 5.32 Å². The summed E-state index contributed by atoms with van der Waals surface area (Å²) in [6.07, 6.45) is 0. The second kappa shape index (κ2) is 6.38. The van der Waals surface area contributed by atoms with Gasteiger partial charge in [-0.2, -0.15) is 4.98 Å². The molecular formula is C17H13N5S2. The number of rotatable bonds is 3. The molecule has 0 fully saturated rings. The summed E-state index contributed by atoms with van der Waals surface area (Å²) in [5.74, 6) is 0.479. The van der Waals surface area contributed by atoms with E-state index in [1.165, 1.54) is 0 Å². The van der Waals surface area contributed by atoms with E-state index in [2.05, 4.69) is 38.2 Å². The lowest BCUT2D eigenvalue weighted by atomic mass is 10.2. The number of nitrogens with one attached hydrogen (secondary N) is 2. The summed E-state index contributed by atoms with van der Waals surface area (Å²) < 4.78 is 1.83. The zero-order chi connectivity index (χ0) is 16.4. The zero-order valence-corrected chi connectivity index (χ0v) is 14.1. The van der Waals surface area contributed by atoms with E-state index >= 15 is 0 Å². The highest BCUT2D eigenvalue weighted by molar-refractivity contribution is 7.80. The van der Waals surface area contributed by atoms with E-state index < -0.39 is 0 Å². The number of nitrogens with zero attached hydrogens (tertiary/aromatic N) is 3. The first-order chi connectivity index (χ1) is 11.8. The number of para-hydroxylation sites is 1. The number of thiazole rings is 1. The Bertz CT molecular complexity index is 976. The van der Waals surface area contributed by atoms with Gasteiger partial charge in [0.25, 0.3) is 0 Å². The van der Waals surface area contributed by atoms with Crippen molar-refractivity contribution in [3.63, 3.8) is 0 Å². The van der Waals surface area contributed by atoms with Crippen LogP contribution >= 0.6 is 23.6 Å². The molecule has 0 amide bonds. The van der Waals surface area contributed by atoms with E-state index in [4.69, 9.17) is 12.2 Å². The summed E-state index contributed by atoms with van der Waals surface area (Å²) in [7, 11) is 0. The van der Waals surface area contributed by atoms with Gasteiger partial charge in [0.1, 0.15) is 0 Å². The number of thiocarbonyl (C=S) groups is 1. The van der Waals surface area contributed by atoms with Gasteiger partial charge in [-0.05, 0) is 24.4 Å². The standard InChI is InChI=1S/C17H13N5S2/c23-16(18-13-9-5-2-6-10-13)19-15-20-17-22(21-15)14(11-24-17)12-7-3-1-4-8-12/h1-11H,(H2,18,19,21,23). The molecule has 4 rings (SSSR count). The third-order valence-electron chi connectivity index (χ3n) is 3.41. The van der Waals surface area contributed by atoms with Crippen molar-refractivity contribution in [2.24, 2.45) is 0 Å². The van der Waals surface area contributed by atoms with Crippen LogP contribution in [-0.2, 0) is 0 Å². The largest absolute Gasteiger partial charge is 0.332 e. The van der Waals surface area contributed by atoms with Gasteiger partial charge in [-0.1, -0.05) is 48.5 Å². The second-order valence-corrected chi connectivity index (χ2v) is 6.31. The monoisotopic (exact) mass is 351 g/mol. The Hall–Kier alpha value is -2.77. The quantitative estimate of drug-likeness (QED) is 0.540. The third kappa shape index (κ3) is 2.99. The highest BCUT2D eigenvalue weighted by atomic mass is 32.1. The van der Waals surface area contributed by atoms with Crippen molar-refractivity contribution >= 4 is 45.3 Å². The molecule has 4 aromatic rings. The molecule has 0 aliphatic heterocycles. The molecule has 7 heteroatoms. The molecule has 0 saturated heterocycles. The van der Waals surface area contributed by atoms with Crippen molar-refractivity contribution in [2.45, 2.75) is 0 Å². The van der Waals surface area contributed by atoms with E-state index in [1.807, 2.05) is 53.0 Å². The van der Waals surface area contributed by atoms with Gasteiger partial charge in [-0.25, -0.2) is 4.52 Å². The first-order valence-electron chi connectivity index (χ1n) is 7.32. The Morgan fingerprint density at radius 3 is 2.42 bits per heavy atom. The number of hydrogen-bond acceptors (Lipinski definition) is 4. The predicted octanol–water partition coefficient (Wildman–Crippen LogP) is 4.27. The van der Waals surface area contributed by atoms with Crippen molar-refractivity contribution in [3.05, 3.63) is 66.0 Å². The fourth-order valence-corrected chi connectivity index (χ4v) is 3.37. The Morgan fingerprint density at radius 1 is 0.958 bits per heavy atom. The minimum absolute atomic E-state index is 0.459. The molecule has 2 aromatic heterocycles. The van der Waals surface area contributed by atoms with Crippen LogP contribution in [0.5, 0.6) is 0 Å². The lowest BCUT2D eigenvalue weighted by Crippen LogP contribution is -2.19. The van der Waals surface area contributed by atoms with Crippen LogP contribution in [0.2, 0.25) is 0 Å². The number of hydrogen-bond donors (Lipinski definition) is 2. The van der Waals surface area contributed by atoms with Gasteiger partial charge in [0.15, 0.2) is 5.11 Å². The summed E-state index contributed by atoms with van der Waals surface area (Å²) in [4.78, 5) is 5.29. The first-order valence-corrected chi connectivity index (χ1v) is 8.61. The molecule has 0 unspecified atom stereocenters. The van der Waals surface area contributed by atoms with Crippen LogP contribution in [0.3, 0.4) is 0 Å². The molecule has 0 atom stereocenters. The van der Waals surface area contributed by atoms with Crippen molar-refractivity contribution in [2.75, 3.05) is 10.6 Å². The average Bonchev–Trinajstić information content (AvgIpc) is 3.16. The zero-order valence-electron chi connectivity index (χ0n) is 12.5. The molecule has 0 saturated carbocycles. The van der Waals surface area contributed by atoms with Crippen LogP contribution in [0.25, 0.3) is 16.2 Å². The van der Waals surface area contributed by atoms with E-state index in [-0.39, 0.29) is 0 Å². The molecule has 0 aliphatic rings. The normalized spacial score (nSPS) is 10.7. The van der Waals surface area contributed by atoms with Crippen LogP contribution in [-0.4, -0.2) is 19.7 Å². The summed E-state index contributed by atoms with van der Waals surface area (Å²) in [5.41, 5.74) is 3.03. The fourth-order valence-electron chi connectivity index (χ4n) is 2.33. The number of anilines is 2. The molecule has 118 valence electrons. The molecule has 0 spiro atoms. The highest BCUT2D eigenvalue weighted by Crippen LogP contribution is 2.25. The summed E-state index contributed by atoms with van der Waals surface area (Å²) in [6, 6.07) is 19.9. The van der Waals surface area contributed by atoms with Gasteiger partial charge >= 0.3 is 0 Å². The second-order valence-electron chi connectivity index (χ2n) is 5.06. The van der Waals surface area contributed by atoms with Gasteiger partial charge in [0.05, 0.1) is 5.69 Å². The average molecular weight is 351 g/mol. The van der Waals surface area contributed by atoms with E-state index in [0.29, 0.717) is 11.1 Å². The maximum Gasteiger partial charge on any atom is 0.250 e. The lowest BCUT2D eigenvalue weighted by Gasteiger charge is -2.07. The topological polar surface area (TPSA) is 54.2 Å². The highest BCUT2D eigenvalue weighted by Gasteiger charge is 2.12. The molecule has 0 bridgehead atoms. The Labute approximate surface area is 148 Å². The van der Waals surface area contributed by atoms with E-state index in [9.17, 15) is 0 Å². The molecule has 0 radical (unpaired) electrons. The van der Waals surface area contributed by atoms with Crippen molar-refractivity contribution in [1.29, 1.82) is 0 Å². The summed E-state index contributed by atoms with van der Waals surface area (Å²) in [6.45, 7) is 0. The summed E-state index contributed by atoms with van der Waals surface area (Å²) in [5, 5.41) is 13.2. The molecule has 5 nitrogen and oxygen atoms in total. The van der Waals surface area contributed by atoms with Crippen LogP contribution in [0.15, 0.2) is 66.0 Å². The van der Waals surface area contributed by atoms with Crippen molar-refractivity contribution in [1.82, 2.24) is 14.6 Å². The minimum Gasteiger partial charge on any atom is -0.332 e. The van der Waals surface area contributed by atoms with Gasteiger partial charge in [-0.3, -0.25) is 5.32 Å². The lowest BCUT2D eigenvalue weighted by molar-refractivity contribution is 0.991. The molecule has 24 heavy (non-hydrogen) atoms. The van der Waals surface area contributed by atoms with Crippen LogP contribution in [0, 0.1) is 0 Å². The number of aromatic nitrogens is 3. The molecule has 2 N–H and O–H groups in total. The van der Waals surface area contributed by atoms with Crippen molar-refractivity contribution < 1.29 is 0 Å². The smallest absolute Gasteiger partial charge is 0.250 e. The van der Waals surface area contributed by atoms with Crippen LogP contribution < -0.4 is 10.6 Å². The van der Waals surface area contributed by atoms with E-state index in [0.717, 1.165) is 21.9 Å². The third-order valence-corrected chi connectivity index (χ3v) is 4.43. The Kier molecular flexibility index (Phi) is 3.94. The summed E-state index contributed by atoms with van der Waals surface area (Å²) >= 11 is 6.86. The van der Waals surface area contributed by atoms with Crippen LogP contribution in [0.1, 0.15) is 0 Å². The molecule has 0 aliphatic carbocycles. The fraction of sp³-hybridized carbons (Fsp3) is 0. The van der Waals surface area contributed by atoms with Gasteiger partial charge in [0, 0.05) is 16.6 Å². The Morgan fingerprint density at radius 2 is 1.67 bits per heavy atom. The first kappa shape index (κ1) is 14.8. The molecule has 2 aromatic carbocycles. The van der Waals surface area contributed by atoms with Gasteiger partial charge in [0.2, 0.25) is 10.9 Å². The van der Waals surface area contributed by atoms with E-state index in [1.54, 1.807) is 11.3 Å². The minimum atomic E-state index is 0.459. The van der Waals surface area contributed by atoms with Gasteiger partial charge in [-0.15, -0.1) is 16.4 Å². The molecular weight excluding hydrogens is 338 g/mol. The number of fused-ring (bicyclic) bond motifs is 1. The molecule has 2 heterocycles. The predicted molar refractivity (Wildman–Crippen MR) is 103 cm³/mol. The Balaban J connectivity index is 1.55. The van der Waals surface area contributed by atoms with Crippen LogP contribution in [0.4, 0.5) is 11.6 Å².